The van der Waals surface area contributed by atoms with Gasteiger partial charge in [-0.2, -0.15) is 0 Å². The first kappa shape index (κ1) is 11.4. The Kier molecular flexibility index (Phi) is 3.13. The summed E-state index contributed by atoms with van der Waals surface area (Å²) in [5, 5.41) is 2.31. The number of nitrogens with zero attached hydrogens (tertiary/aromatic N) is 1. The fraction of sp³-hybridized carbons (Fsp3) is 0.273. The van der Waals surface area contributed by atoms with E-state index in [0.717, 1.165) is 14.8 Å². The van der Waals surface area contributed by atoms with Crippen molar-refractivity contribution < 1.29 is 9.59 Å². The van der Waals surface area contributed by atoms with E-state index in [2.05, 4.69) is 27.9 Å². The van der Waals surface area contributed by atoms with Crippen molar-refractivity contribution in [3.8, 4) is 0 Å². The highest BCUT2D eigenvalue weighted by Gasteiger charge is 2.24. The molecule has 2 rings (SSSR count). The Balaban J connectivity index is 2.30. The van der Waals surface area contributed by atoms with Crippen LogP contribution in [0, 0.1) is 10.5 Å². The van der Waals surface area contributed by atoms with Gasteiger partial charge in [0.1, 0.15) is 0 Å². The van der Waals surface area contributed by atoms with E-state index >= 15 is 0 Å². The van der Waals surface area contributed by atoms with Crippen molar-refractivity contribution in [2.24, 2.45) is 0 Å². The van der Waals surface area contributed by atoms with Crippen molar-refractivity contribution in [1.82, 2.24) is 5.32 Å². The van der Waals surface area contributed by atoms with Crippen molar-refractivity contribution in [2.45, 2.75) is 13.3 Å². The van der Waals surface area contributed by atoms with Crippen molar-refractivity contribution >= 4 is 40.2 Å². The lowest BCUT2D eigenvalue weighted by molar-refractivity contribution is -0.120. The molecular formula is C11H11IN2O2. The number of carbonyl (C=O) groups excluding carboxylic acids is 2. The van der Waals surface area contributed by atoms with Crippen LogP contribution in [0.3, 0.4) is 0 Å². The molecule has 1 aliphatic heterocycles. The van der Waals surface area contributed by atoms with Crippen LogP contribution in [-0.2, 0) is 4.79 Å². The Labute approximate surface area is 107 Å². The molecule has 0 aromatic heterocycles. The van der Waals surface area contributed by atoms with Crippen molar-refractivity contribution in [3.05, 3.63) is 27.3 Å². The number of amides is 3. The number of halogens is 1. The lowest BCUT2D eigenvalue weighted by Crippen LogP contribution is -2.49. The topological polar surface area (TPSA) is 49.4 Å². The smallest absolute Gasteiger partial charge is 0.294 e. The van der Waals surface area contributed by atoms with Crippen LogP contribution >= 0.6 is 22.6 Å². The van der Waals surface area contributed by atoms with E-state index in [9.17, 15) is 9.59 Å². The van der Waals surface area contributed by atoms with E-state index in [1.54, 1.807) is 4.90 Å². The Bertz CT molecular complexity index is 439. The zero-order valence-electron chi connectivity index (χ0n) is 8.79. The van der Waals surface area contributed by atoms with Gasteiger partial charge in [-0.1, -0.05) is 0 Å². The van der Waals surface area contributed by atoms with E-state index in [0.29, 0.717) is 13.0 Å². The zero-order chi connectivity index (χ0) is 11.7. The summed E-state index contributed by atoms with van der Waals surface area (Å²) >= 11 is 2.21. The van der Waals surface area contributed by atoms with Crippen LogP contribution in [0.5, 0.6) is 0 Å². The zero-order valence-corrected chi connectivity index (χ0v) is 10.9. The van der Waals surface area contributed by atoms with E-state index in [1.807, 2.05) is 25.1 Å². The minimum Gasteiger partial charge on any atom is -0.294 e. The van der Waals surface area contributed by atoms with E-state index in [-0.39, 0.29) is 11.9 Å². The van der Waals surface area contributed by atoms with Gasteiger partial charge in [-0.05, 0) is 53.3 Å². The molecule has 4 nitrogen and oxygen atoms in total. The number of hydrogen-bond acceptors (Lipinski definition) is 2. The largest absolute Gasteiger partial charge is 0.328 e. The van der Waals surface area contributed by atoms with Gasteiger partial charge >= 0.3 is 6.03 Å². The Morgan fingerprint density at radius 1 is 1.31 bits per heavy atom. The number of urea groups is 1. The second-order valence-electron chi connectivity index (χ2n) is 3.74. The number of aryl methyl sites for hydroxylation is 1. The van der Waals surface area contributed by atoms with Gasteiger partial charge in [0.2, 0.25) is 5.91 Å². The first-order valence-electron chi connectivity index (χ1n) is 4.95. The molecule has 0 radical (unpaired) electrons. The quantitative estimate of drug-likeness (QED) is 0.801. The molecule has 1 aromatic rings. The molecule has 0 bridgehead atoms. The molecule has 5 heteroatoms. The SMILES string of the molecule is Cc1cc(I)cc(N2CCC(=O)NC2=O)c1. The molecule has 0 spiro atoms. The highest BCUT2D eigenvalue weighted by atomic mass is 127. The van der Waals surface area contributed by atoms with Crippen LogP contribution in [0.1, 0.15) is 12.0 Å². The van der Waals surface area contributed by atoms with Gasteiger partial charge in [-0.3, -0.25) is 15.0 Å². The summed E-state index contributed by atoms with van der Waals surface area (Å²) in [5.74, 6) is -0.205. The normalized spacial score (nSPS) is 16.2. The summed E-state index contributed by atoms with van der Waals surface area (Å²) in [6, 6.07) is 5.58. The summed E-state index contributed by atoms with van der Waals surface area (Å²) in [7, 11) is 0. The van der Waals surface area contributed by atoms with Gasteiger partial charge in [-0.15, -0.1) is 0 Å². The predicted molar refractivity (Wildman–Crippen MR) is 69.4 cm³/mol. The number of rotatable bonds is 1. The molecular weight excluding hydrogens is 319 g/mol. The fourth-order valence-corrected chi connectivity index (χ4v) is 2.49. The maximum Gasteiger partial charge on any atom is 0.328 e. The van der Waals surface area contributed by atoms with Gasteiger partial charge in [0, 0.05) is 22.2 Å². The van der Waals surface area contributed by atoms with Crippen molar-refractivity contribution in [3.63, 3.8) is 0 Å². The van der Waals surface area contributed by atoms with Gasteiger partial charge in [-0.25, -0.2) is 4.79 Å². The first-order valence-corrected chi connectivity index (χ1v) is 6.03. The molecule has 84 valence electrons. The summed E-state index contributed by atoms with van der Waals surface area (Å²) in [4.78, 5) is 24.2. The third kappa shape index (κ3) is 2.34. The third-order valence-electron chi connectivity index (χ3n) is 2.39. The standard InChI is InChI=1S/C11H11IN2O2/c1-7-4-8(12)6-9(5-7)14-3-2-10(15)13-11(14)16/h4-6H,2-3H2,1H3,(H,13,15,16). The van der Waals surface area contributed by atoms with Crippen LogP contribution in [0.2, 0.25) is 0 Å². The Morgan fingerprint density at radius 3 is 2.69 bits per heavy atom. The number of benzene rings is 1. The number of nitrogens with one attached hydrogen (secondary N) is 1. The van der Waals surface area contributed by atoms with Crippen LogP contribution in [0.25, 0.3) is 0 Å². The molecule has 3 amide bonds. The molecule has 1 fully saturated rings. The molecule has 0 aliphatic carbocycles. The molecule has 1 heterocycles. The molecule has 0 saturated carbocycles. The second-order valence-corrected chi connectivity index (χ2v) is 4.99. The molecule has 0 atom stereocenters. The maximum absolute atomic E-state index is 11.6. The fourth-order valence-electron chi connectivity index (χ4n) is 1.68. The summed E-state index contributed by atoms with van der Waals surface area (Å²) in [6.45, 7) is 2.43. The third-order valence-corrected chi connectivity index (χ3v) is 3.02. The molecule has 0 unspecified atom stereocenters. The lowest BCUT2D eigenvalue weighted by Gasteiger charge is -2.26. The summed E-state index contributed by atoms with van der Waals surface area (Å²) < 4.78 is 1.08. The number of anilines is 1. The van der Waals surface area contributed by atoms with Crippen molar-refractivity contribution in [1.29, 1.82) is 0 Å². The average Bonchev–Trinajstić information content (AvgIpc) is 2.15. The van der Waals surface area contributed by atoms with Crippen LogP contribution in [0.15, 0.2) is 18.2 Å². The minimum absolute atomic E-state index is 0.205. The maximum atomic E-state index is 11.6. The Hall–Kier alpha value is -1.11. The summed E-state index contributed by atoms with van der Waals surface area (Å²) in [6.07, 6.45) is 0.357. The van der Waals surface area contributed by atoms with Gasteiger partial charge in [0.25, 0.3) is 0 Å². The van der Waals surface area contributed by atoms with Gasteiger partial charge in [0.15, 0.2) is 0 Å². The van der Waals surface area contributed by atoms with E-state index in [1.165, 1.54) is 0 Å². The van der Waals surface area contributed by atoms with Crippen LogP contribution in [0.4, 0.5) is 10.5 Å². The van der Waals surface area contributed by atoms with Crippen LogP contribution < -0.4 is 10.2 Å². The average molecular weight is 330 g/mol. The highest BCUT2D eigenvalue weighted by Crippen LogP contribution is 2.21. The molecule has 1 aliphatic rings. The second kappa shape index (κ2) is 4.40. The van der Waals surface area contributed by atoms with Gasteiger partial charge < -0.3 is 0 Å². The molecule has 1 N–H and O–H groups in total. The predicted octanol–water partition coefficient (Wildman–Crippen LogP) is 2.05. The van der Waals surface area contributed by atoms with E-state index < -0.39 is 0 Å². The van der Waals surface area contributed by atoms with E-state index in [4.69, 9.17) is 0 Å². The van der Waals surface area contributed by atoms with Gasteiger partial charge in [0.05, 0.1) is 0 Å². The van der Waals surface area contributed by atoms with Crippen LogP contribution in [-0.4, -0.2) is 18.5 Å². The monoisotopic (exact) mass is 330 g/mol. The first-order chi connectivity index (χ1) is 7.56. The number of imide groups is 1. The lowest BCUT2D eigenvalue weighted by atomic mass is 10.2. The molecule has 16 heavy (non-hydrogen) atoms. The number of carbonyl (C=O) groups is 2. The highest BCUT2D eigenvalue weighted by molar-refractivity contribution is 14.1. The van der Waals surface area contributed by atoms with Crippen molar-refractivity contribution in [2.75, 3.05) is 11.4 Å². The summed E-state index contributed by atoms with van der Waals surface area (Å²) in [5.41, 5.74) is 1.95. The minimum atomic E-state index is -0.336. The molecule has 1 saturated heterocycles. The Morgan fingerprint density at radius 2 is 2.06 bits per heavy atom. The number of hydrogen-bond donors (Lipinski definition) is 1. The molecule has 1 aromatic carbocycles.